The molecule has 10 nitrogen and oxygen atoms in total. The molecule has 0 fully saturated rings. The van der Waals surface area contributed by atoms with E-state index in [-0.39, 0.29) is 19.4 Å². The maximum atomic E-state index is 12.6. The summed E-state index contributed by atoms with van der Waals surface area (Å²) in [5, 5.41) is 18.3. The van der Waals surface area contributed by atoms with E-state index in [1.54, 1.807) is 0 Å². The van der Waals surface area contributed by atoms with Crippen molar-refractivity contribution in [1.82, 2.24) is 0 Å². The van der Waals surface area contributed by atoms with Crippen LogP contribution in [0.2, 0.25) is 0 Å². The summed E-state index contributed by atoms with van der Waals surface area (Å²) >= 11 is 0. The lowest BCUT2D eigenvalue weighted by molar-refractivity contribution is -0.161. The Morgan fingerprint density at radius 1 is 0.564 bits per heavy atom. The van der Waals surface area contributed by atoms with Gasteiger partial charge in [-0.2, -0.15) is 0 Å². The Labute approximate surface area is 334 Å². The maximum absolute atomic E-state index is 12.6. The van der Waals surface area contributed by atoms with Crippen molar-refractivity contribution < 1.29 is 47.8 Å². The van der Waals surface area contributed by atoms with Crippen LogP contribution in [-0.2, 0) is 32.7 Å². The molecule has 0 heterocycles. The third kappa shape index (κ3) is 39.9. The summed E-state index contributed by atoms with van der Waals surface area (Å²) in [7, 11) is -4.62. The normalized spacial score (nSPS) is 14.3. The summed E-state index contributed by atoms with van der Waals surface area (Å²) in [5.41, 5.74) is 0. The van der Waals surface area contributed by atoms with Crippen LogP contribution in [0.15, 0.2) is 48.6 Å². The number of esters is 2. The van der Waals surface area contributed by atoms with E-state index in [2.05, 4.69) is 67.0 Å². The van der Waals surface area contributed by atoms with E-state index in [1.807, 2.05) is 0 Å². The van der Waals surface area contributed by atoms with Crippen LogP contribution in [0.25, 0.3) is 0 Å². The van der Waals surface area contributed by atoms with Gasteiger partial charge in [-0.1, -0.05) is 146 Å². The Hall–Kier alpha value is -2.07. The van der Waals surface area contributed by atoms with E-state index in [4.69, 9.17) is 19.1 Å². The van der Waals surface area contributed by atoms with Crippen molar-refractivity contribution in [1.29, 1.82) is 0 Å². The van der Waals surface area contributed by atoms with Crippen LogP contribution in [0, 0.1) is 0 Å². The number of rotatable bonds is 40. The van der Waals surface area contributed by atoms with Crippen LogP contribution in [0.5, 0.6) is 0 Å². The topological polar surface area (TPSA) is 149 Å². The zero-order valence-corrected chi connectivity index (χ0v) is 35.5. The molecule has 0 aliphatic rings. The van der Waals surface area contributed by atoms with Crippen molar-refractivity contribution in [2.24, 2.45) is 0 Å². The van der Waals surface area contributed by atoms with Crippen molar-refractivity contribution in [3.05, 3.63) is 48.6 Å². The molecule has 3 N–H and O–H groups in total. The first-order valence-electron chi connectivity index (χ1n) is 21.6. The Kier molecular flexibility index (Phi) is 38.6. The summed E-state index contributed by atoms with van der Waals surface area (Å²) in [4.78, 5) is 35.0. The van der Waals surface area contributed by atoms with Gasteiger partial charge in [-0.15, -0.1) is 0 Å². The van der Waals surface area contributed by atoms with Gasteiger partial charge in [0, 0.05) is 12.8 Å². The van der Waals surface area contributed by atoms with Crippen molar-refractivity contribution >= 4 is 19.8 Å². The first-order valence-corrected chi connectivity index (χ1v) is 23.1. The summed E-state index contributed by atoms with van der Waals surface area (Å²) in [6.45, 7) is 2.24. The third-order valence-corrected chi connectivity index (χ3v) is 9.92. The SMILES string of the molecule is CCC=CCC=CCC=CCCCCCCCCCC(=O)OC(COC(=O)CCCCCCCC=CCCCCCCCC)COP(=O)(O)OCC(O)CO. The Balaban J connectivity index is 4.33. The number of unbranched alkanes of at least 4 members (excludes halogenated alkanes) is 18. The first-order chi connectivity index (χ1) is 26.7. The zero-order chi connectivity index (χ0) is 40.5. The summed E-state index contributed by atoms with van der Waals surface area (Å²) < 4.78 is 32.7. The molecule has 0 aliphatic carbocycles. The molecule has 320 valence electrons. The Morgan fingerprint density at radius 2 is 1.00 bits per heavy atom. The minimum Gasteiger partial charge on any atom is -0.462 e. The lowest BCUT2D eigenvalue weighted by Crippen LogP contribution is -2.29. The van der Waals surface area contributed by atoms with Gasteiger partial charge < -0.3 is 24.6 Å². The summed E-state index contributed by atoms with van der Waals surface area (Å²) in [6, 6.07) is 0. The molecular formula is C44H79O10P. The van der Waals surface area contributed by atoms with Crippen LogP contribution in [0.4, 0.5) is 0 Å². The van der Waals surface area contributed by atoms with E-state index < -0.39 is 51.8 Å². The lowest BCUT2D eigenvalue weighted by atomic mass is 10.1. The van der Waals surface area contributed by atoms with Crippen LogP contribution >= 0.6 is 7.82 Å². The average molecular weight is 799 g/mol. The zero-order valence-electron chi connectivity index (χ0n) is 34.6. The fourth-order valence-electron chi connectivity index (χ4n) is 5.65. The second kappa shape index (κ2) is 40.1. The van der Waals surface area contributed by atoms with Crippen molar-refractivity contribution in [2.45, 2.75) is 193 Å². The predicted octanol–water partition coefficient (Wildman–Crippen LogP) is 11.3. The van der Waals surface area contributed by atoms with Crippen LogP contribution in [0.3, 0.4) is 0 Å². The number of carbonyl (C=O) groups excluding carboxylic acids is 2. The van der Waals surface area contributed by atoms with Gasteiger partial charge in [0.15, 0.2) is 6.10 Å². The highest BCUT2D eigenvalue weighted by molar-refractivity contribution is 7.47. The van der Waals surface area contributed by atoms with Gasteiger partial charge in [0.1, 0.15) is 12.7 Å². The molecule has 0 rings (SSSR count). The lowest BCUT2D eigenvalue weighted by Gasteiger charge is -2.20. The quantitative estimate of drug-likeness (QED) is 0.0237. The number of phosphoric acid groups is 1. The molecule has 0 aromatic carbocycles. The number of allylic oxidation sites excluding steroid dienone is 8. The largest absolute Gasteiger partial charge is 0.472 e. The molecule has 0 radical (unpaired) electrons. The van der Waals surface area contributed by atoms with Crippen LogP contribution in [0.1, 0.15) is 181 Å². The van der Waals surface area contributed by atoms with Crippen molar-refractivity contribution in [3.63, 3.8) is 0 Å². The van der Waals surface area contributed by atoms with Crippen LogP contribution < -0.4 is 0 Å². The van der Waals surface area contributed by atoms with Gasteiger partial charge in [0.05, 0.1) is 19.8 Å². The number of aliphatic hydroxyl groups excluding tert-OH is 2. The van der Waals surface area contributed by atoms with E-state index in [0.29, 0.717) is 12.8 Å². The number of hydrogen-bond donors (Lipinski definition) is 3. The fourth-order valence-corrected chi connectivity index (χ4v) is 6.44. The molecular weight excluding hydrogens is 719 g/mol. The molecule has 0 bridgehead atoms. The molecule has 11 heteroatoms. The number of aliphatic hydroxyl groups is 2. The molecule has 0 amide bonds. The smallest absolute Gasteiger partial charge is 0.462 e. The number of ether oxygens (including phenoxy) is 2. The second-order valence-electron chi connectivity index (χ2n) is 14.3. The standard InChI is InChI=1S/C44H79O10P/c1-3-5-7-9-11-13-15-17-19-20-22-24-26-28-30-32-34-36-44(48)54-42(40-53-55(49,50)52-38-41(46)37-45)39-51-43(47)35-33-31-29-27-25-23-21-18-16-14-12-10-8-6-4-2/h5,7,11,13,17-19,21,41-42,45-46H,3-4,6,8-10,12,14-16,20,22-40H2,1-2H3,(H,49,50). The highest BCUT2D eigenvalue weighted by Crippen LogP contribution is 2.43. The minimum absolute atomic E-state index is 0.170. The summed E-state index contributed by atoms with van der Waals surface area (Å²) in [6.07, 6.45) is 42.1. The van der Waals surface area contributed by atoms with Gasteiger partial charge in [0.2, 0.25) is 0 Å². The van der Waals surface area contributed by atoms with E-state index in [1.165, 1.54) is 51.4 Å². The molecule has 0 aromatic rings. The van der Waals surface area contributed by atoms with Gasteiger partial charge in [-0.05, 0) is 70.6 Å². The Morgan fingerprint density at radius 3 is 1.53 bits per heavy atom. The van der Waals surface area contributed by atoms with E-state index in [9.17, 15) is 24.2 Å². The Bertz CT molecular complexity index is 1060. The van der Waals surface area contributed by atoms with E-state index in [0.717, 1.165) is 89.9 Å². The van der Waals surface area contributed by atoms with Crippen LogP contribution in [-0.4, -0.2) is 65.7 Å². The van der Waals surface area contributed by atoms with Crippen molar-refractivity contribution in [3.8, 4) is 0 Å². The number of carbonyl (C=O) groups is 2. The average Bonchev–Trinajstić information content (AvgIpc) is 3.17. The third-order valence-electron chi connectivity index (χ3n) is 8.97. The summed E-state index contributed by atoms with van der Waals surface area (Å²) in [5.74, 6) is -0.947. The number of hydrogen-bond acceptors (Lipinski definition) is 9. The van der Waals surface area contributed by atoms with E-state index >= 15 is 0 Å². The van der Waals surface area contributed by atoms with Gasteiger partial charge in [-0.3, -0.25) is 18.6 Å². The predicted molar refractivity (Wildman–Crippen MR) is 224 cm³/mol. The van der Waals surface area contributed by atoms with Gasteiger partial charge in [0.25, 0.3) is 0 Å². The molecule has 3 unspecified atom stereocenters. The molecule has 0 saturated carbocycles. The van der Waals surface area contributed by atoms with Gasteiger partial charge in [-0.25, -0.2) is 4.57 Å². The second-order valence-corrected chi connectivity index (χ2v) is 15.8. The highest BCUT2D eigenvalue weighted by atomic mass is 31.2. The highest BCUT2D eigenvalue weighted by Gasteiger charge is 2.27. The van der Waals surface area contributed by atoms with Crippen molar-refractivity contribution in [2.75, 3.05) is 26.4 Å². The molecule has 3 atom stereocenters. The monoisotopic (exact) mass is 799 g/mol. The molecule has 0 spiro atoms. The maximum Gasteiger partial charge on any atom is 0.472 e. The molecule has 55 heavy (non-hydrogen) atoms. The molecule has 0 saturated heterocycles. The molecule has 0 aromatic heterocycles. The molecule has 0 aliphatic heterocycles. The fraction of sp³-hybridized carbons (Fsp3) is 0.773. The first kappa shape index (κ1) is 52.9. The van der Waals surface area contributed by atoms with Gasteiger partial charge >= 0.3 is 19.8 Å². The number of phosphoric ester groups is 1. The minimum atomic E-state index is -4.62.